The van der Waals surface area contributed by atoms with E-state index in [-0.39, 0.29) is 18.7 Å². The zero-order chi connectivity index (χ0) is 14.6. The fourth-order valence-corrected chi connectivity index (χ4v) is 3.25. The first-order valence-electron chi connectivity index (χ1n) is 6.56. The average Bonchev–Trinajstić information content (AvgIpc) is 2.39. The predicted octanol–water partition coefficient (Wildman–Crippen LogP) is 3.12. The van der Waals surface area contributed by atoms with Crippen LogP contribution in [0.3, 0.4) is 0 Å². The van der Waals surface area contributed by atoms with E-state index in [1.165, 1.54) is 0 Å². The molecule has 21 heavy (non-hydrogen) atoms. The van der Waals surface area contributed by atoms with Gasteiger partial charge in [-0.05, 0) is 37.3 Å². The van der Waals surface area contributed by atoms with E-state index in [1.807, 2.05) is 24.3 Å². The molecule has 1 aromatic carbocycles. The number of amidine groups is 1. The van der Waals surface area contributed by atoms with E-state index in [2.05, 4.69) is 23.8 Å². The third kappa shape index (κ3) is 4.37. The van der Waals surface area contributed by atoms with Crippen LogP contribution >= 0.6 is 11.8 Å². The van der Waals surface area contributed by atoms with Gasteiger partial charge in [-0.15, -0.1) is 0 Å². The first-order valence-corrected chi connectivity index (χ1v) is 7.55. The summed E-state index contributed by atoms with van der Waals surface area (Å²) in [6, 6.07) is 8.01. The maximum Gasteiger partial charge on any atom is 0.209 e. The highest BCUT2D eigenvalue weighted by atomic mass is 32.2. The van der Waals surface area contributed by atoms with Crippen molar-refractivity contribution in [1.82, 2.24) is 0 Å². The van der Waals surface area contributed by atoms with E-state index >= 15 is 0 Å². The molecule has 1 aliphatic rings. The molecule has 1 heterocycles. The van der Waals surface area contributed by atoms with Gasteiger partial charge in [0.1, 0.15) is 0 Å². The van der Waals surface area contributed by atoms with Crippen LogP contribution in [0.2, 0.25) is 0 Å². The van der Waals surface area contributed by atoms with Crippen LogP contribution in [0.4, 0.5) is 0 Å². The number of nitrogens with two attached hydrogens (primary N) is 1. The van der Waals surface area contributed by atoms with Crippen molar-refractivity contribution in [3.8, 4) is 11.8 Å². The van der Waals surface area contributed by atoms with Gasteiger partial charge in [0.2, 0.25) is 5.78 Å². The zero-order valence-corrected chi connectivity index (χ0v) is 12.6. The van der Waals surface area contributed by atoms with Crippen molar-refractivity contribution in [3.63, 3.8) is 0 Å². The Hall–Kier alpha value is -1.73. The van der Waals surface area contributed by atoms with Crippen molar-refractivity contribution in [2.24, 2.45) is 10.7 Å². The fraction of sp³-hybridized carbons (Fsp3) is 0.412. The summed E-state index contributed by atoms with van der Waals surface area (Å²) in [5.41, 5.74) is 7.64. The van der Waals surface area contributed by atoms with Crippen LogP contribution in [0.1, 0.15) is 38.8 Å². The molecule has 0 saturated heterocycles. The number of hydrogen-bond acceptors (Lipinski definition) is 4. The number of carbonyl (C=O) groups excluding carboxylic acids is 1. The SMILES string of the molecule is C.CC#CC(=O)Cc1cccc([C@]2(C)CCSC(N)=N2)c1. The molecule has 0 unspecified atom stereocenters. The molecule has 1 aliphatic heterocycles. The van der Waals surface area contributed by atoms with E-state index < -0.39 is 0 Å². The van der Waals surface area contributed by atoms with Crippen molar-refractivity contribution in [1.29, 1.82) is 0 Å². The molecule has 0 radical (unpaired) electrons. The molecule has 3 nitrogen and oxygen atoms in total. The third-order valence-electron chi connectivity index (χ3n) is 3.37. The molecule has 1 atom stereocenters. The monoisotopic (exact) mass is 302 g/mol. The molecule has 1 aromatic rings. The molecule has 2 rings (SSSR count). The molecular formula is C17H22N2OS. The Balaban J connectivity index is 0.00000220. The minimum absolute atomic E-state index is 0. The Labute approximate surface area is 131 Å². The minimum Gasteiger partial charge on any atom is -0.379 e. The van der Waals surface area contributed by atoms with Gasteiger partial charge in [-0.1, -0.05) is 49.4 Å². The third-order valence-corrected chi connectivity index (χ3v) is 4.17. The number of Topliss-reactive ketones (excluding diaryl/α,β-unsaturated/α-hetero) is 1. The van der Waals surface area contributed by atoms with E-state index in [0.29, 0.717) is 11.6 Å². The molecule has 0 bridgehead atoms. The Bertz CT molecular complexity index is 613. The average molecular weight is 302 g/mol. The van der Waals surface area contributed by atoms with Crippen molar-refractivity contribution in [2.45, 2.75) is 39.7 Å². The highest BCUT2D eigenvalue weighted by Gasteiger charge is 2.29. The first-order chi connectivity index (χ1) is 9.53. The molecule has 0 aliphatic carbocycles. The maximum atomic E-state index is 11.6. The van der Waals surface area contributed by atoms with Crippen molar-refractivity contribution < 1.29 is 4.79 Å². The van der Waals surface area contributed by atoms with Crippen LogP contribution in [0, 0.1) is 11.8 Å². The number of benzene rings is 1. The van der Waals surface area contributed by atoms with Crippen LogP contribution < -0.4 is 5.73 Å². The molecule has 0 aromatic heterocycles. The molecule has 0 fully saturated rings. The predicted molar refractivity (Wildman–Crippen MR) is 91.4 cm³/mol. The Morgan fingerprint density at radius 3 is 2.95 bits per heavy atom. The molecule has 4 heteroatoms. The standard InChI is InChI=1S/C16H18N2OS.CH4/c1-3-5-14(19)11-12-6-4-7-13(10-12)16(2)8-9-20-15(17)18-16;/h4,6-7,10H,8-9,11H2,1-2H3,(H2,17,18);1H4/t16-;/m0./s1. The largest absolute Gasteiger partial charge is 0.379 e. The van der Waals surface area contributed by atoms with E-state index in [1.54, 1.807) is 18.7 Å². The maximum absolute atomic E-state index is 11.6. The van der Waals surface area contributed by atoms with Gasteiger partial charge in [0.15, 0.2) is 5.17 Å². The lowest BCUT2D eigenvalue weighted by Crippen LogP contribution is -2.28. The Morgan fingerprint density at radius 1 is 1.52 bits per heavy atom. The van der Waals surface area contributed by atoms with Gasteiger partial charge < -0.3 is 5.73 Å². The van der Waals surface area contributed by atoms with Crippen LogP contribution in [-0.2, 0) is 16.8 Å². The molecule has 0 spiro atoms. The molecular weight excluding hydrogens is 280 g/mol. The van der Waals surface area contributed by atoms with Crippen molar-refractivity contribution in [3.05, 3.63) is 35.4 Å². The van der Waals surface area contributed by atoms with E-state index in [9.17, 15) is 4.79 Å². The van der Waals surface area contributed by atoms with Gasteiger partial charge in [-0.2, -0.15) is 0 Å². The fourth-order valence-electron chi connectivity index (χ4n) is 2.28. The lowest BCUT2D eigenvalue weighted by Gasteiger charge is -2.30. The number of aliphatic imine (C=N–C) groups is 1. The summed E-state index contributed by atoms with van der Waals surface area (Å²) >= 11 is 1.59. The highest BCUT2D eigenvalue weighted by Crippen LogP contribution is 2.35. The van der Waals surface area contributed by atoms with Crippen LogP contribution in [0.5, 0.6) is 0 Å². The summed E-state index contributed by atoms with van der Waals surface area (Å²) in [7, 11) is 0. The van der Waals surface area contributed by atoms with Crippen molar-refractivity contribution >= 4 is 22.7 Å². The molecule has 112 valence electrons. The first kappa shape index (κ1) is 17.3. The molecule has 0 saturated carbocycles. The lowest BCUT2D eigenvalue weighted by atomic mass is 9.88. The normalized spacial score (nSPS) is 20.6. The van der Waals surface area contributed by atoms with Crippen LogP contribution in [-0.4, -0.2) is 16.7 Å². The summed E-state index contributed by atoms with van der Waals surface area (Å²) in [6.07, 6.45) is 1.29. The second kappa shape index (κ2) is 7.33. The summed E-state index contributed by atoms with van der Waals surface area (Å²) in [4.78, 5) is 16.2. The summed E-state index contributed by atoms with van der Waals surface area (Å²) in [5.74, 6) is 6.12. The van der Waals surface area contributed by atoms with Gasteiger partial charge in [-0.25, -0.2) is 0 Å². The van der Waals surface area contributed by atoms with Gasteiger partial charge in [-0.3, -0.25) is 9.79 Å². The Morgan fingerprint density at radius 2 is 2.29 bits per heavy atom. The number of rotatable bonds is 3. The smallest absolute Gasteiger partial charge is 0.209 e. The minimum atomic E-state index is -0.287. The number of carbonyl (C=O) groups is 1. The number of ketones is 1. The molecule has 2 N–H and O–H groups in total. The van der Waals surface area contributed by atoms with Gasteiger partial charge >= 0.3 is 0 Å². The van der Waals surface area contributed by atoms with Crippen molar-refractivity contribution in [2.75, 3.05) is 5.75 Å². The van der Waals surface area contributed by atoms with Crippen LogP contribution in [0.15, 0.2) is 29.3 Å². The number of nitrogens with zero attached hydrogens (tertiary/aromatic N) is 1. The Kier molecular flexibility index (Phi) is 6.04. The number of thioether (sulfide) groups is 1. The summed E-state index contributed by atoms with van der Waals surface area (Å²) < 4.78 is 0. The molecule has 0 amide bonds. The lowest BCUT2D eigenvalue weighted by molar-refractivity contribution is -0.113. The van der Waals surface area contributed by atoms with E-state index in [0.717, 1.165) is 23.3 Å². The quantitative estimate of drug-likeness (QED) is 0.689. The van der Waals surface area contributed by atoms with Gasteiger partial charge in [0, 0.05) is 12.2 Å². The van der Waals surface area contributed by atoms with Crippen LogP contribution in [0.25, 0.3) is 0 Å². The second-order valence-corrected chi connectivity index (χ2v) is 6.11. The topological polar surface area (TPSA) is 55.5 Å². The highest BCUT2D eigenvalue weighted by molar-refractivity contribution is 8.13. The van der Waals surface area contributed by atoms with Gasteiger partial charge in [0.05, 0.1) is 5.54 Å². The van der Waals surface area contributed by atoms with E-state index in [4.69, 9.17) is 5.73 Å². The summed E-state index contributed by atoms with van der Waals surface area (Å²) in [6.45, 7) is 3.76. The van der Waals surface area contributed by atoms with Gasteiger partial charge in [0.25, 0.3) is 0 Å². The second-order valence-electron chi connectivity index (χ2n) is 5.00. The summed E-state index contributed by atoms with van der Waals surface area (Å²) in [5, 5.41) is 0.636. The zero-order valence-electron chi connectivity index (χ0n) is 11.8. The number of hydrogen-bond donors (Lipinski definition) is 1.